The Morgan fingerprint density at radius 1 is 1.21 bits per heavy atom. The van der Waals surface area contributed by atoms with Crippen LogP contribution in [-0.4, -0.2) is 31.3 Å². The Bertz CT molecular complexity index is 1180. The van der Waals surface area contributed by atoms with Crippen molar-refractivity contribution in [3.05, 3.63) is 47.2 Å². The molecule has 1 heterocycles. The van der Waals surface area contributed by atoms with Gasteiger partial charge in [-0.15, -0.1) is 0 Å². The molecule has 2 atom stereocenters. The number of benzene rings is 1. The van der Waals surface area contributed by atoms with Gasteiger partial charge in [0.05, 0.1) is 12.8 Å². The molecular weight excluding hydrogens is 542 g/mol. The van der Waals surface area contributed by atoms with Crippen LogP contribution in [-0.2, 0) is 16.0 Å². The molecule has 1 fully saturated rings. The Labute approximate surface area is 248 Å². The molecule has 0 aromatic heterocycles. The van der Waals surface area contributed by atoms with E-state index in [9.17, 15) is 18.4 Å². The zero-order chi connectivity index (χ0) is 30.3. The Balaban J connectivity index is 1.40. The number of nitrogens with one attached hydrogen (secondary N) is 1. The van der Waals surface area contributed by atoms with Gasteiger partial charge in [-0.2, -0.15) is 8.78 Å². The van der Waals surface area contributed by atoms with Crippen molar-refractivity contribution in [3.8, 4) is 11.5 Å². The maximum Gasteiger partial charge on any atom is 0.412 e. The molecule has 1 aliphatic heterocycles. The smallest absolute Gasteiger partial charge is 0.412 e. The van der Waals surface area contributed by atoms with Gasteiger partial charge in [0.15, 0.2) is 0 Å². The lowest BCUT2D eigenvalue weighted by atomic mass is 9.72. The van der Waals surface area contributed by atoms with Gasteiger partial charge < -0.3 is 25.3 Å². The lowest BCUT2D eigenvalue weighted by molar-refractivity contribution is -0.236. The van der Waals surface area contributed by atoms with Crippen LogP contribution in [0, 0.1) is 11.3 Å². The van der Waals surface area contributed by atoms with Gasteiger partial charge in [-0.25, -0.2) is 4.79 Å². The Hall–Kier alpha value is -2.94. The van der Waals surface area contributed by atoms with Gasteiger partial charge in [0, 0.05) is 23.9 Å². The summed E-state index contributed by atoms with van der Waals surface area (Å²) in [5, 5.41) is 2.40. The highest BCUT2D eigenvalue weighted by Crippen LogP contribution is 2.51. The molecule has 7 nitrogen and oxygen atoms in total. The largest absolute Gasteiger partial charge is 0.462 e. The fraction of sp³-hybridized carbons (Fsp3) is 0.636. The number of carbonyl (C=O) groups excluding carboxylic acids is 2. The van der Waals surface area contributed by atoms with Crippen LogP contribution in [0.15, 0.2) is 36.1 Å². The van der Waals surface area contributed by atoms with Crippen molar-refractivity contribution < 1.29 is 32.6 Å². The Morgan fingerprint density at radius 3 is 2.69 bits per heavy atom. The van der Waals surface area contributed by atoms with Crippen LogP contribution in [0.3, 0.4) is 0 Å². The van der Waals surface area contributed by atoms with Crippen LogP contribution in [0.4, 0.5) is 13.6 Å². The predicted molar refractivity (Wildman–Crippen MR) is 158 cm³/mol. The summed E-state index contributed by atoms with van der Waals surface area (Å²) in [6.07, 6.45) is 6.73. The fourth-order valence-electron chi connectivity index (χ4n) is 6.57. The topological polar surface area (TPSA) is 99.9 Å². The highest BCUT2D eigenvalue weighted by Gasteiger charge is 2.40. The van der Waals surface area contributed by atoms with E-state index in [1.807, 2.05) is 12.1 Å². The van der Waals surface area contributed by atoms with E-state index in [4.69, 9.17) is 15.2 Å². The average Bonchev–Trinajstić information content (AvgIpc) is 2.93. The number of carbonyl (C=O) groups is 2. The van der Waals surface area contributed by atoms with Crippen LogP contribution >= 0.6 is 0 Å². The number of allylic oxidation sites excluding steroid dienone is 3. The first-order valence-corrected chi connectivity index (χ1v) is 15.5. The molecule has 4 rings (SSSR count). The molecule has 0 radical (unpaired) electrons. The number of hydrogen-bond acceptors (Lipinski definition) is 6. The summed E-state index contributed by atoms with van der Waals surface area (Å²) < 4.78 is 45.5. The molecule has 232 valence electrons. The monoisotopic (exact) mass is 588 g/mol. The molecule has 1 amide bonds. The number of amides is 1. The second kappa shape index (κ2) is 14.0. The molecular formula is C33H46F2N2O5. The van der Waals surface area contributed by atoms with Crippen molar-refractivity contribution in [2.75, 3.05) is 13.1 Å². The molecule has 42 heavy (non-hydrogen) atoms. The van der Waals surface area contributed by atoms with E-state index in [1.165, 1.54) is 5.57 Å². The van der Waals surface area contributed by atoms with Crippen LogP contribution < -0.4 is 20.5 Å². The number of unbranched alkanes of at least 4 members (excludes halogenated alkanes) is 2. The first-order chi connectivity index (χ1) is 20.0. The van der Waals surface area contributed by atoms with Gasteiger partial charge in [-0.3, -0.25) is 4.79 Å². The number of fused-ring (bicyclic) bond motifs is 3. The van der Waals surface area contributed by atoms with Crippen LogP contribution in [0.5, 0.6) is 11.5 Å². The SMILES string of the molecule is C=C1Oc2cc(CCCCC)cc(OC(=O)NCCC(F)(F)OC(=O)CC3(CN)CCCCC3)c2[C@@H]2C=C(C)CC[C@@H]12. The van der Waals surface area contributed by atoms with Gasteiger partial charge in [-0.1, -0.05) is 57.3 Å². The maximum atomic E-state index is 14.5. The normalized spacial score (nSPS) is 21.4. The molecule has 1 aromatic rings. The molecule has 3 aliphatic rings. The molecule has 3 N–H and O–H groups in total. The van der Waals surface area contributed by atoms with E-state index < -0.39 is 36.6 Å². The van der Waals surface area contributed by atoms with Crippen molar-refractivity contribution in [1.29, 1.82) is 0 Å². The van der Waals surface area contributed by atoms with Gasteiger partial charge >= 0.3 is 18.2 Å². The Kier molecular flexibility index (Phi) is 10.7. The highest BCUT2D eigenvalue weighted by atomic mass is 19.3. The minimum atomic E-state index is -3.72. The fourth-order valence-corrected chi connectivity index (χ4v) is 6.57. The summed E-state index contributed by atoms with van der Waals surface area (Å²) in [6, 6.07) is 3.85. The van der Waals surface area contributed by atoms with Crippen molar-refractivity contribution in [2.45, 2.75) is 109 Å². The van der Waals surface area contributed by atoms with Gasteiger partial charge in [0.1, 0.15) is 17.3 Å². The average molecular weight is 589 g/mol. The summed E-state index contributed by atoms with van der Waals surface area (Å²) in [5.41, 5.74) is 8.41. The lowest BCUT2D eigenvalue weighted by Gasteiger charge is -2.37. The van der Waals surface area contributed by atoms with Gasteiger partial charge in [0.2, 0.25) is 0 Å². The summed E-state index contributed by atoms with van der Waals surface area (Å²) in [7, 11) is 0. The number of alkyl halides is 2. The minimum Gasteiger partial charge on any atom is -0.462 e. The van der Waals surface area contributed by atoms with E-state index in [0.29, 0.717) is 17.3 Å². The summed E-state index contributed by atoms with van der Waals surface area (Å²) >= 11 is 0. The quantitative estimate of drug-likeness (QED) is 0.148. The third-order valence-corrected chi connectivity index (χ3v) is 8.99. The van der Waals surface area contributed by atoms with Crippen molar-refractivity contribution >= 4 is 12.1 Å². The van der Waals surface area contributed by atoms with E-state index >= 15 is 0 Å². The summed E-state index contributed by atoms with van der Waals surface area (Å²) in [4.78, 5) is 25.2. The lowest BCUT2D eigenvalue weighted by Crippen LogP contribution is -2.38. The van der Waals surface area contributed by atoms with Gasteiger partial charge in [-0.05, 0) is 75.1 Å². The number of esters is 1. The molecule has 0 unspecified atom stereocenters. The van der Waals surface area contributed by atoms with E-state index in [2.05, 4.69) is 36.6 Å². The first-order valence-electron chi connectivity index (χ1n) is 15.5. The molecule has 0 saturated heterocycles. The standard InChI is InChI=1S/C33H46F2N2O5/c1-4-5-7-10-24-18-27-30(26-17-22(2)11-12-25(26)23(3)40-27)28(19-24)41-31(39)37-16-15-33(34,35)42-29(38)20-32(21-36)13-8-6-9-14-32/h17-19,25-26H,3-16,20-21,36H2,1-2H3,(H,37,39)/t25-,26+/m0/s1. The zero-order valence-corrected chi connectivity index (χ0v) is 25.1. The van der Waals surface area contributed by atoms with Crippen molar-refractivity contribution in [1.82, 2.24) is 5.32 Å². The number of aryl methyl sites for hydroxylation is 1. The number of halogens is 2. The molecule has 9 heteroatoms. The summed E-state index contributed by atoms with van der Waals surface area (Å²) in [6.45, 7) is 8.21. The molecule has 0 spiro atoms. The number of hydrogen-bond donors (Lipinski definition) is 2. The molecule has 0 bridgehead atoms. The third-order valence-electron chi connectivity index (χ3n) is 8.99. The maximum absolute atomic E-state index is 14.5. The molecule has 1 saturated carbocycles. The first kappa shape index (κ1) is 32.0. The van der Waals surface area contributed by atoms with Crippen LogP contribution in [0.2, 0.25) is 0 Å². The van der Waals surface area contributed by atoms with Crippen LogP contribution in [0.1, 0.15) is 108 Å². The molecule has 1 aromatic carbocycles. The summed E-state index contributed by atoms with van der Waals surface area (Å²) in [5.74, 6) is 0.743. The molecule has 2 aliphatic carbocycles. The van der Waals surface area contributed by atoms with E-state index in [1.54, 1.807) is 0 Å². The highest BCUT2D eigenvalue weighted by molar-refractivity contribution is 5.72. The van der Waals surface area contributed by atoms with Crippen molar-refractivity contribution in [3.63, 3.8) is 0 Å². The zero-order valence-electron chi connectivity index (χ0n) is 25.1. The van der Waals surface area contributed by atoms with Gasteiger partial charge in [0.25, 0.3) is 0 Å². The number of ether oxygens (including phenoxy) is 3. The second-order valence-corrected chi connectivity index (χ2v) is 12.3. The second-order valence-electron chi connectivity index (χ2n) is 12.3. The Morgan fingerprint density at radius 2 is 1.98 bits per heavy atom. The third kappa shape index (κ3) is 8.12. The van der Waals surface area contributed by atoms with E-state index in [0.717, 1.165) is 81.8 Å². The number of nitrogens with two attached hydrogens (primary N) is 1. The number of rotatable bonds is 12. The minimum absolute atomic E-state index is 0.0489. The van der Waals surface area contributed by atoms with Crippen molar-refractivity contribution in [2.24, 2.45) is 17.1 Å². The predicted octanol–water partition coefficient (Wildman–Crippen LogP) is 7.68. The van der Waals surface area contributed by atoms with Crippen LogP contribution in [0.25, 0.3) is 0 Å². The van der Waals surface area contributed by atoms with E-state index in [-0.39, 0.29) is 24.8 Å².